The largest absolute Gasteiger partial charge is 0.495 e. The van der Waals surface area contributed by atoms with E-state index in [1.807, 2.05) is 0 Å². The van der Waals surface area contributed by atoms with E-state index in [2.05, 4.69) is 10.3 Å². The highest BCUT2D eigenvalue weighted by atomic mass is 35.5. The van der Waals surface area contributed by atoms with Crippen LogP contribution in [-0.4, -0.2) is 61.0 Å². The third-order valence-electron chi connectivity index (χ3n) is 4.96. The first-order valence-electron chi connectivity index (χ1n) is 9.38. The first-order chi connectivity index (χ1) is 13.8. The Morgan fingerprint density at radius 3 is 2.62 bits per heavy atom. The summed E-state index contributed by atoms with van der Waals surface area (Å²) in [6.45, 7) is 2.85. The quantitative estimate of drug-likeness (QED) is 0.813. The zero-order chi connectivity index (χ0) is 21.1. The first-order valence-corrected chi connectivity index (χ1v) is 9.76. The fourth-order valence-electron chi connectivity index (χ4n) is 3.30. The Bertz CT molecular complexity index is 904. The number of ether oxygens (including phenoxy) is 1. The molecule has 0 saturated carbocycles. The van der Waals surface area contributed by atoms with Crippen molar-refractivity contribution in [3.05, 3.63) is 40.6 Å². The van der Waals surface area contributed by atoms with E-state index < -0.39 is 0 Å². The zero-order valence-corrected chi connectivity index (χ0v) is 17.7. The van der Waals surface area contributed by atoms with Crippen molar-refractivity contribution >= 4 is 29.2 Å². The molecule has 1 saturated heterocycles. The summed E-state index contributed by atoms with van der Waals surface area (Å²) in [7, 11) is 4.91. The number of aryl methyl sites for hydroxylation is 1. The number of likely N-dealkylation sites (tertiary alicyclic amines) is 1. The van der Waals surface area contributed by atoms with E-state index in [1.54, 1.807) is 44.1 Å². The normalized spacial score (nSPS) is 14.6. The second-order valence-corrected chi connectivity index (χ2v) is 7.63. The number of nitrogens with one attached hydrogen (secondary N) is 1. The molecule has 29 heavy (non-hydrogen) atoms. The monoisotopic (exact) mass is 420 g/mol. The van der Waals surface area contributed by atoms with E-state index in [1.165, 1.54) is 12.0 Å². The number of oxazole rings is 1. The molecular weight excluding hydrogens is 396 g/mol. The van der Waals surface area contributed by atoms with E-state index >= 15 is 0 Å². The predicted molar refractivity (Wildman–Crippen MR) is 110 cm³/mol. The maximum Gasteiger partial charge on any atom is 0.321 e. The molecule has 8 nitrogen and oxygen atoms in total. The zero-order valence-electron chi connectivity index (χ0n) is 17.0. The van der Waals surface area contributed by atoms with E-state index in [-0.39, 0.29) is 17.9 Å². The number of urea groups is 1. The standard InChI is InChI=1S/C20H25ClN4O4/c1-12-17(19(26)24(2)3)23-18(29-12)13-7-9-25(10-8-13)20(27)22-15-11-14(21)5-6-16(15)28-4/h5-6,11,13H,7-10H2,1-4H3,(H,22,27). The summed E-state index contributed by atoms with van der Waals surface area (Å²) in [5, 5.41) is 3.37. The average Bonchev–Trinajstić information content (AvgIpc) is 3.09. The Kier molecular flexibility index (Phi) is 6.32. The molecular formula is C20H25ClN4O4. The number of amides is 3. The van der Waals surface area contributed by atoms with Crippen molar-refractivity contribution in [2.45, 2.75) is 25.7 Å². The second-order valence-electron chi connectivity index (χ2n) is 7.19. The molecule has 9 heteroatoms. The molecule has 1 aliphatic rings. The number of halogens is 1. The topological polar surface area (TPSA) is 87.9 Å². The summed E-state index contributed by atoms with van der Waals surface area (Å²) < 4.78 is 11.0. The van der Waals surface area contributed by atoms with Crippen LogP contribution in [0, 0.1) is 6.92 Å². The van der Waals surface area contributed by atoms with Gasteiger partial charge in [-0.15, -0.1) is 0 Å². The lowest BCUT2D eigenvalue weighted by molar-refractivity contribution is 0.0821. The number of hydrogen-bond acceptors (Lipinski definition) is 5. The average molecular weight is 421 g/mol. The van der Waals surface area contributed by atoms with Crippen molar-refractivity contribution in [2.24, 2.45) is 0 Å². The minimum absolute atomic E-state index is 0.0715. The van der Waals surface area contributed by atoms with Gasteiger partial charge in [-0.05, 0) is 38.0 Å². The molecule has 1 N–H and O–H groups in total. The van der Waals surface area contributed by atoms with Gasteiger partial charge >= 0.3 is 6.03 Å². The SMILES string of the molecule is COc1ccc(Cl)cc1NC(=O)N1CCC(c2nc(C(=O)N(C)C)c(C)o2)CC1. The number of anilines is 1. The minimum Gasteiger partial charge on any atom is -0.495 e. The molecule has 0 radical (unpaired) electrons. The van der Waals surface area contributed by atoms with Crippen molar-refractivity contribution < 1.29 is 18.7 Å². The lowest BCUT2D eigenvalue weighted by atomic mass is 9.97. The summed E-state index contributed by atoms with van der Waals surface area (Å²) in [6.07, 6.45) is 1.41. The van der Waals surface area contributed by atoms with Gasteiger partial charge in [-0.2, -0.15) is 0 Å². The first kappa shape index (κ1) is 21.0. The molecule has 0 aliphatic carbocycles. The van der Waals surface area contributed by atoms with E-state index in [4.69, 9.17) is 20.8 Å². The maximum atomic E-state index is 12.6. The van der Waals surface area contributed by atoms with Gasteiger partial charge in [0.1, 0.15) is 11.5 Å². The van der Waals surface area contributed by atoms with E-state index in [0.717, 1.165) is 0 Å². The van der Waals surface area contributed by atoms with Crippen LogP contribution >= 0.6 is 11.6 Å². The summed E-state index contributed by atoms with van der Waals surface area (Å²) in [5.41, 5.74) is 0.875. The predicted octanol–water partition coefficient (Wildman–Crippen LogP) is 3.76. The second kappa shape index (κ2) is 8.73. The molecule has 0 spiro atoms. The van der Waals surface area contributed by atoms with Crippen LogP contribution in [0.25, 0.3) is 0 Å². The number of methoxy groups -OCH3 is 1. The van der Waals surface area contributed by atoms with Crippen LogP contribution in [0.4, 0.5) is 10.5 Å². The summed E-state index contributed by atoms with van der Waals surface area (Å²) >= 11 is 6.02. The number of hydrogen-bond donors (Lipinski definition) is 1. The van der Waals surface area contributed by atoms with Crippen LogP contribution in [0.15, 0.2) is 22.6 Å². The number of carbonyl (C=O) groups excluding carboxylic acids is 2. The third kappa shape index (κ3) is 4.64. The van der Waals surface area contributed by atoms with Crippen LogP contribution in [0.5, 0.6) is 5.75 Å². The van der Waals surface area contributed by atoms with Gasteiger partial charge in [0.25, 0.3) is 5.91 Å². The Hall–Kier alpha value is -2.74. The Morgan fingerprint density at radius 1 is 1.31 bits per heavy atom. The Labute approximate surface area is 174 Å². The molecule has 1 aromatic heterocycles. The Morgan fingerprint density at radius 2 is 2.00 bits per heavy atom. The van der Waals surface area contributed by atoms with Crippen molar-refractivity contribution in [3.8, 4) is 5.75 Å². The Balaban J connectivity index is 1.62. The van der Waals surface area contributed by atoms with Gasteiger partial charge in [-0.3, -0.25) is 4.79 Å². The number of piperidine rings is 1. The smallest absolute Gasteiger partial charge is 0.321 e. The van der Waals surface area contributed by atoms with Crippen molar-refractivity contribution in [2.75, 3.05) is 39.6 Å². The highest BCUT2D eigenvalue weighted by Gasteiger charge is 2.29. The third-order valence-corrected chi connectivity index (χ3v) is 5.19. The lowest BCUT2D eigenvalue weighted by Gasteiger charge is -2.30. The summed E-state index contributed by atoms with van der Waals surface area (Å²) in [5.74, 6) is 1.52. The number of nitrogens with zero attached hydrogens (tertiary/aromatic N) is 3. The number of rotatable bonds is 4. The summed E-state index contributed by atoms with van der Waals surface area (Å²) in [4.78, 5) is 32.4. The molecule has 2 aromatic rings. The molecule has 1 fully saturated rings. The molecule has 156 valence electrons. The molecule has 2 heterocycles. The molecule has 1 aliphatic heterocycles. The number of benzene rings is 1. The van der Waals surface area contributed by atoms with E-state index in [9.17, 15) is 9.59 Å². The van der Waals surface area contributed by atoms with Gasteiger partial charge < -0.3 is 24.3 Å². The summed E-state index contributed by atoms with van der Waals surface area (Å²) in [6, 6.07) is 4.86. The molecule has 0 atom stereocenters. The van der Waals surface area contributed by atoms with Gasteiger partial charge in [-0.1, -0.05) is 11.6 Å². The molecule has 3 amide bonds. The lowest BCUT2D eigenvalue weighted by Crippen LogP contribution is -2.40. The van der Waals surface area contributed by atoms with Crippen LogP contribution < -0.4 is 10.1 Å². The minimum atomic E-state index is -0.212. The van der Waals surface area contributed by atoms with Crippen LogP contribution in [0.2, 0.25) is 5.02 Å². The van der Waals surface area contributed by atoms with Gasteiger partial charge in [0, 0.05) is 38.1 Å². The van der Waals surface area contributed by atoms with Crippen LogP contribution in [0.3, 0.4) is 0 Å². The van der Waals surface area contributed by atoms with Gasteiger partial charge in [0.2, 0.25) is 0 Å². The van der Waals surface area contributed by atoms with Gasteiger partial charge in [0.15, 0.2) is 11.6 Å². The molecule has 0 bridgehead atoms. The molecule has 0 unspecified atom stereocenters. The van der Waals surface area contributed by atoms with Crippen molar-refractivity contribution in [1.29, 1.82) is 0 Å². The highest BCUT2D eigenvalue weighted by molar-refractivity contribution is 6.31. The van der Waals surface area contributed by atoms with Gasteiger partial charge in [0.05, 0.1) is 12.8 Å². The van der Waals surface area contributed by atoms with Crippen molar-refractivity contribution in [3.63, 3.8) is 0 Å². The number of aromatic nitrogens is 1. The van der Waals surface area contributed by atoms with E-state index in [0.29, 0.717) is 59.7 Å². The molecule has 3 rings (SSSR count). The maximum absolute atomic E-state index is 12.6. The van der Waals surface area contributed by atoms with Crippen LogP contribution in [0.1, 0.15) is 40.9 Å². The fraction of sp³-hybridized carbons (Fsp3) is 0.450. The van der Waals surface area contributed by atoms with Gasteiger partial charge in [-0.25, -0.2) is 9.78 Å². The highest BCUT2D eigenvalue weighted by Crippen LogP contribution is 2.31. The fourth-order valence-corrected chi connectivity index (χ4v) is 3.48. The van der Waals surface area contributed by atoms with Crippen molar-refractivity contribution in [1.82, 2.24) is 14.8 Å². The van der Waals surface area contributed by atoms with Crippen LogP contribution in [-0.2, 0) is 0 Å². The number of carbonyl (C=O) groups is 2. The molecule has 1 aromatic carbocycles.